The Morgan fingerprint density at radius 3 is 2.31 bits per heavy atom. The van der Waals surface area contributed by atoms with E-state index in [1.165, 1.54) is 18.2 Å². The van der Waals surface area contributed by atoms with Crippen molar-refractivity contribution in [3.05, 3.63) is 23.8 Å². The summed E-state index contributed by atoms with van der Waals surface area (Å²) in [7, 11) is 0. The number of carbonyl (C=O) groups is 1. The lowest BCUT2D eigenvalue weighted by Crippen LogP contribution is -2.50. The lowest BCUT2D eigenvalue weighted by atomic mass is 9.78. The highest BCUT2D eigenvalue weighted by atomic mass is 16.3. The lowest BCUT2D eigenvalue weighted by Gasteiger charge is -2.39. The summed E-state index contributed by atoms with van der Waals surface area (Å²) in [6, 6.07) is 4.27. The number of hydrogen-bond donors (Lipinski definition) is 3. The molecule has 1 aromatic carbocycles. The molecule has 4 nitrogen and oxygen atoms in total. The van der Waals surface area contributed by atoms with Crippen molar-refractivity contribution < 1.29 is 15.0 Å². The Balaban J connectivity index is 2.20. The van der Waals surface area contributed by atoms with Gasteiger partial charge in [-0.1, -0.05) is 6.07 Å². The lowest BCUT2D eigenvalue weighted by molar-refractivity contribution is 0.0845. The molecule has 0 atom stereocenters. The summed E-state index contributed by atoms with van der Waals surface area (Å²) in [6.07, 6.45) is 2.98. The van der Waals surface area contributed by atoms with E-state index in [9.17, 15) is 15.0 Å². The number of carbonyl (C=O) groups excluding carboxylic acids is 1. The fourth-order valence-corrected chi connectivity index (χ4v) is 1.93. The average molecular weight is 221 g/mol. The zero-order valence-electron chi connectivity index (χ0n) is 9.16. The van der Waals surface area contributed by atoms with Gasteiger partial charge in [0.15, 0.2) is 0 Å². The highest BCUT2D eigenvalue weighted by molar-refractivity contribution is 5.99. The van der Waals surface area contributed by atoms with Gasteiger partial charge in [-0.2, -0.15) is 0 Å². The molecule has 0 saturated heterocycles. The molecular weight excluding hydrogens is 206 g/mol. The van der Waals surface area contributed by atoms with Crippen molar-refractivity contribution in [1.82, 2.24) is 5.32 Å². The van der Waals surface area contributed by atoms with Crippen LogP contribution in [0.1, 0.15) is 36.5 Å². The summed E-state index contributed by atoms with van der Waals surface area (Å²) >= 11 is 0. The fourth-order valence-electron chi connectivity index (χ4n) is 1.93. The van der Waals surface area contributed by atoms with E-state index >= 15 is 0 Å². The van der Waals surface area contributed by atoms with Gasteiger partial charge in [0, 0.05) is 5.54 Å². The second kappa shape index (κ2) is 3.70. The predicted octanol–water partition coefficient (Wildman–Crippen LogP) is 1.77. The van der Waals surface area contributed by atoms with E-state index < -0.39 is 5.91 Å². The van der Waals surface area contributed by atoms with Crippen LogP contribution in [0.15, 0.2) is 18.2 Å². The quantitative estimate of drug-likeness (QED) is 0.712. The Bertz CT molecular complexity index is 404. The smallest absolute Gasteiger partial charge is 0.259 e. The van der Waals surface area contributed by atoms with Crippen molar-refractivity contribution in [2.45, 2.75) is 31.7 Å². The zero-order valence-corrected chi connectivity index (χ0v) is 9.16. The van der Waals surface area contributed by atoms with Crippen molar-refractivity contribution >= 4 is 5.91 Å². The number of nitrogens with one attached hydrogen (secondary N) is 1. The Kier molecular flexibility index (Phi) is 2.50. The summed E-state index contributed by atoms with van der Waals surface area (Å²) in [5.41, 5.74) is -0.234. The largest absolute Gasteiger partial charge is 0.507 e. The van der Waals surface area contributed by atoms with Gasteiger partial charge in [0.25, 0.3) is 5.91 Å². The third-order valence-corrected chi connectivity index (χ3v) is 3.12. The topological polar surface area (TPSA) is 69.6 Å². The van der Waals surface area contributed by atoms with Crippen LogP contribution in [0.4, 0.5) is 0 Å². The second-order valence-corrected chi connectivity index (χ2v) is 4.54. The average Bonchev–Trinajstić information content (AvgIpc) is 2.15. The van der Waals surface area contributed by atoms with Gasteiger partial charge in [-0.25, -0.2) is 0 Å². The van der Waals surface area contributed by atoms with Crippen molar-refractivity contribution in [3.63, 3.8) is 0 Å². The van der Waals surface area contributed by atoms with Gasteiger partial charge >= 0.3 is 0 Å². The molecule has 0 heterocycles. The number of phenolic OH excluding ortho intramolecular Hbond substituents is 2. The summed E-state index contributed by atoms with van der Waals surface area (Å²) in [5.74, 6) is -0.807. The maximum Gasteiger partial charge on any atom is 0.259 e. The normalized spacial score (nSPS) is 17.6. The molecule has 0 spiro atoms. The van der Waals surface area contributed by atoms with E-state index in [-0.39, 0.29) is 22.6 Å². The number of phenols is 2. The monoisotopic (exact) mass is 221 g/mol. The van der Waals surface area contributed by atoms with E-state index in [2.05, 4.69) is 5.32 Å². The summed E-state index contributed by atoms with van der Waals surface area (Å²) in [4.78, 5) is 11.9. The van der Waals surface area contributed by atoms with Gasteiger partial charge in [-0.15, -0.1) is 0 Å². The molecule has 2 rings (SSSR count). The molecule has 0 aromatic heterocycles. The van der Waals surface area contributed by atoms with E-state index in [1.807, 2.05) is 6.92 Å². The standard InChI is InChI=1S/C12H15NO3/c1-12(6-3-7-12)13-11(16)10-8(14)4-2-5-9(10)15/h2,4-5,14-15H,3,6-7H2,1H3,(H,13,16). The predicted molar refractivity (Wildman–Crippen MR) is 59.5 cm³/mol. The van der Waals surface area contributed by atoms with Crippen LogP contribution in [0, 0.1) is 0 Å². The molecule has 86 valence electrons. The number of rotatable bonds is 2. The van der Waals surface area contributed by atoms with Gasteiger partial charge in [0.1, 0.15) is 17.1 Å². The molecule has 3 N–H and O–H groups in total. The first kappa shape index (κ1) is 10.8. The first-order valence-electron chi connectivity index (χ1n) is 5.35. The molecule has 0 unspecified atom stereocenters. The van der Waals surface area contributed by atoms with Crippen LogP contribution < -0.4 is 5.32 Å². The van der Waals surface area contributed by atoms with Gasteiger partial charge in [0.05, 0.1) is 0 Å². The zero-order chi connectivity index (χ0) is 11.8. The molecule has 0 radical (unpaired) electrons. The Morgan fingerprint density at radius 1 is 1.31 bits per heavy atom. The Labute approximate surface area is 93.9 Å². The van der Waals surface area contributed by atoms with Crippen molar-refractivity contribution in [3.8, 4) is 11.5 Å². The molecule has 1 amide bonds. The summed E-state index contributed by atoms with van der Waals surface area (Å²) in [5, 5.41) is 21.9. The molecule has 16 heavy (non-hydrogen) atoms. The third-order valence-electron chi connectivity index (χ3n) is 3.12. The Hall–Kier alpha value is -1.71. The summed E-state index contributed by atoms with van der Waals surface area (Å²) in [6.45, 7) is 1.96. The highest BCUT2D eigenvalue weighted by Gasteiger charge is 2.34. The Morgan fingerprint density at radius 2 is 1.88 bits per heavy atom. The van der Waals surface area contributed by atoms with Crippen molar-refractivity contribution in [2.75, 3.05) is 0 Å². The van der Waals surface area contributed by atoms with Crippen LogP contribution in [-0.2, 0) is 0 Å². The first-order valence-corrected chi connectivity index (χ1v) is 5.35. The van der Waals surface area contributed by atoms with Gasteiger partial charge in [-0.3, -0.25) is 4.79 Å². The SMILES string of the molecule is CC1(NC(=O)c2c(O)cccc2O)CCC1. The van der Waals surface area contributed by atoms with Crippen LogP contribution in [0.25, 0.3) is 0 Å². The van der Waals surface area contributed by atoms with Crippen molar-refractivity contribution in [2.24, 2.45) is 0 Å². The molecule has 1 aliphatic carbocycles. The minimum Gasteiger partial charge on any atom is -0.507 e. The number of aromatic hydroxyl groups is 2. The molecule has 1 aromatic rings. The maximum absolute atomic E-state index is 11.9. The summed E-state index contributed by atoms with van der Waals surface area (Å²) < 4.78 is 0. The molecule has 1 aliphatic rings. The van der Waals surface area contributed by atoms with Crippen LogP contribution in [0.2, 0.25) is 0 Å². The molecule has 4 heteroatoms. The van der Waals surface area contributed by atoms with Gasteiger partial charge < -0.3 is 15.5 Å². The van der Waals surface area contributed by atoms with Crippen LogP contribution >= 0.6 is 0 Å². The van der Waals surface area contributed by atoms with E-state index in [0.717, 1.165) is 19.3 Å². The fraction of sp³-hybridized carbons (Fsp3) is 0.417. The molecule has 0 bridgehead atoms. The van der Waals surface area contributed by atoms with Gasteiger partial charge in [-0.05, 0) is 38.3 Å². The van der Waals surface area contributed by atoms with Crippen LogP contribution in [0.3, 0.4) is 0 Å². The number of hydrogen-bond acceptors (Lipinski definition) is 3. The second-order valence-electron chi connectivity index (χ2n) is 4.54. The minimum atomic E-state index is -0.419. The maximum atomic E-state index is 11.9. The van der Waals surface area contributed by atoms with E-state index in [0.29, 0.717) is 0 Å². The minimum absolute atomic E-state index is 0.0457. The molecule has 1 fully saturated rings. The first-order chi connectivity index (χ1) is 7.52. The molecule has 1 saturated carbocycles. The number of amides is 1. The molecule has 0 aliphatic heterocycles. The van der Waals surface area contributed by atoms with Crippen molar-refractivity contribution in [1.29, 1.82) is 0 Å². The van der Waals surface area contributed by atoms with Gasteiger partial charge in [0.2, 0.25) is 0 Å². The van der Waals surface area contributed by atoms with Crippen LogP contribution in [0.5, 0.6) is 11.5 Å². The van der Waals surface area contributed by atoms with E-state index in [1.54, 1.807) is 0 Å². The van der Waals surface area contributed by atoms with Crippen LogP contribution in [-0.4, -0.2) is 21.7 Å². The highest BCUT2D eigenvalue weighted by Crippen LogP contribution is 2.33. The van der Waals surface area contributed by atoms with E-state index in [4.69, 9.17) is 0 Å². The number of benzene rings is 1. The molecular formula is C12H15NO3. The third kappa shape index (κ3) is 1.83.